The largest absolute Gasteiger partial charge is 0.383 e. The second kappa shape index (κ2) is 11.9. The molecule has 4 aromatic heterocycles. The molecule has 0 aliphatic carbocycles. The van der Waals surface area contributed by atoms with Gasteiger partial charge in [-0.15, -0.1) is 0 Å². The Labute approximate surface area is 272 Å². The van der Waals surface area contributed by atoms with E-state index < -0.39 is 0 Å². The third-order valence-corrected chi connectivity index (χ3v) is 9.55. The molecule has 6 aromatic rings. The normalized spacial score (nSPS) is 16.1. The molecule has 1 spiro atoms. The van der Waals surface area contributed by atoms with Crippen LogP contribution in [0.4, 0.5) is 11.8 Å². The van der Waals surface area contributed by atoms with E-state index in [1.165, 1.54) is 11.9 Å². The lowest BCUT2D eigenvalue weighted by atomic mass is 9.77. The van der Waals surface area contributed by atoms with E-state index in [1.807, 2.05) is 48.5 Å². The summed E-state index contributed by atoms with van der Waals surface area (Å²) in [4.78, 5) is 31.7. The number of piperidine rings is 1. The number of nitrogen functional groups attached to an aromatic ring is 1. The molecule has 2 aliphatic rings. The van der Waals surface area contributed by atoms with Crippen molar-refractivity contribution in [3.63, 3.8) is 0 Å². The van der Waals surface area contributed by atoms with Crippen molar-refractivity contribution < 1.29 is 0 Å². The van der Waals surface area contributed by atoms with Crippen molar-refractivity contribution >= 4 is 22.9 Å². The van der Waals surface area contributed by atoms with Crippen LogP contribution in [0.25, 0.3) is 39.5 Å². The van der Waals surface area contributed by atoms with Gasteiger partial charge in [0.25, 0.3) is 0 Å². The number of nitrogens with two attached hydrogens (primary N) is 1. The Morgan fingerprint density at radius 1 is 0.809 bits per heavy atom. The molecule has 0 amide bonds. The van der Waals surface area contributed by atoms with E-state index in [2.05, 4.69) is 70.7 Å². The van der Waals surface area contributed by atoms with Crippen molar-refractivity contribution in [2.75, 3.05) is 36.8 Å². The van der Waals surface area contributed by atoms with Crippen LogP contribution in [0.1, 0.15) is 30.7 Å². The maximum absolute atomic E-state index is 9.18. The van der Waals surface area contributed by atoms with Crippen LogP contribution in [0.3, 0.4) is 0 Å². The summed E-state index contributed by atoms with van der Waals surface area (Å²) in [5, 5.41) is 9.18. The van der Waals surface area contributed by atoms with Gasteiger partial charge >= 0.3 is 0 Å². The fraction of sp³-hybridized carbons (Fsp3) is 0.250. The molecule has 2 fully saturated rings. The molecule has 2 saturated heterocycles. The second-order valence-corrected chi connectivity index (χ2v) is 12.4. The van der Waals surface area contributed by atoms with Gasteiger partial charge in [0.05, 0.1) is 11.3 Å². The second-order valence-electron chi connectivity index (χ2n) is 12.4. The first-order valence-electron chi connectivity index (χ1n) is 15.9. The van der Waals surface area contributed by atoms with Crippen molar-refractivity contribution in [1.82, 2.24) is 39.4 Å². The van der Waals surface area contributed by atoms with Crippen LogP contribution >= 0.6 is 0 Å². The Morgan fingerprint density at radius 3 is 2.40 bits per heavy atom. The first-order chi connectivity index (χ1) is 23.1. The number of fused-ring (bicyclic) bond motifs is 1. The highest BCUT2D eigenvalue weighted by atomic mass is 15.3. The fourth-order valence-electron chi connectivity index (χ4n) is 6.96. The van der Waals surface area contributed by atoms with Crippen molar-refractivity contribution in [3.8, 4) is 34.4 Å². The molecule has 8 rings (SSSR count). The molecule has 0 unspecified atom stereocenters. The lowest BCUT2D eigenvalue weighted by Gasteiger charge is -2.39. The first kappa shape index (κ1) is 28.7. The van der Waals surface area contributed by atoms with Gasteiger partial charge in [0.1, 0.15) is 23.7 Å². The van der Waals surface area contributed by atoms with Gasteiger partial charge in [-0.05, 0) is 79.7 Å². The number of hydrogen-bond acceptors (Lipinski definition) is 10. The summed E-state index contributed by atoms with van der Waals surface area (Å²) in [5.74, 6) is 1.92. The van der Waals surface area contributed by atoms with Gasteiger partial charge in [-0.1, -0.05) is 42.5 Å². The number of nitriles is 1. The van der Waals surface area contributed by atoms with Crippen LogP contribution in [-0.4, -0.2) is 65.5 Å². The number of aromatic nitrogens is 7. The number of hydrogen-bond donors (Lipinski definition) is 1. The monoisotopic (exact) mass is 619 g/mol. The summed E-state index contributed by atoms with van der Waals surface area (Å²) in [6.45, 7) is 4.81. The van der Waals surface area contributed by atoms with Crippen LogP contribution in [0.2, 0.25) is 0 Å². The maximum Gasteiger partial charge on any atom is 0.236 e. The average Bonchev–Trinajstić information content (AvgIpc) is 3.72. The van der Waals surface area contributed by atoms with Gasteiger partial charge in [-0.2, -0.15) is 10.2 Å². The molecule has 6 heterocycles. The third-order valence-electron chi connectivity index (χ3n) is 9.55. The van der Waals surface area contributed by atoms with E-state index in [0.717, 1.165) is 85.7 Å². The Kier molecular flexibility index (Phi) is 7.27. The topological polar surface area (TPSA) is 139 Å². The zero-order valence-electron chi connectivity index (χ0n) is 25.9. The summed E-state index contributed by atoms with van der Waals surface area (Å²) in [5.41, 5.74) is 13.1. The van der Waals surface area contributed by atoms with Crippen LogP contribution in [0.15, 0.2) is 91.4 Å². The summed E-state index contributed by atoms with van der Waals surface area (Å²) in [6.07, 6.45) is 6.50. The molecule has 11 nitrogen and oxygen atoms in total. The van der Waals surface area contributed by atoms with Gasteiger partial charge in [-0.3, -0.25) is 9.47 Å². The number of rotatable bonds is 6. The Hall–Kier alpha value is -5.73. The molecule has 2 N–H and O–H groups in total. The Bertz CT molecular complexity index is 2090. The molecular weight excluding hydrogens is 586 g/mol. The lowest BCUT2D eigenvalue weighted by molar-refractivity contribution is 0.115. The van der Waals surface area contributed by atoms with E-state index in [-0.39, 0.29) is 11.2 Å². The van der Waals surface area contributed by atoms with Gasteiger partial charge in [0, 0.05) is 37.1 Å². The van der Waals surface area contributed by atoms with Gasteiger partial charge in [0.15, 0.2) is 11.5 Å². The summed E-state index contributed by atoms with van der Waals surface area (Å²) < 4.78 is 2.08. The fourth-order valence-corrected chi connectivity index (χ4v) is 6.96. The van der Waals surface area contributed by atoms with Crippen molar-refractivity contribution in [1.29, 1.82) is 5.26 Å². The van der Waals surface area contributed by atoms with E-state index in [0.29, 0.717) is 17.6 Å². The number of pyridine rings is 2. The highest BCUT2D eigenvalue weighted by molar-refractivity contribution is 5.84. The van der Waals surface area contributed by atoms with Crippen LogP contribution in [0, 0.1) is 16.7 Å². The summed E-state index contributed by atoms with van der Waals surface area (Å²) in [7, 11) is 0. The van der Waals surface area contributed by atoms with Crippen LogP contribution < -0.4 is 10.6 Å². The first-order valence-corrected chi connectivity index (χ1v) is 15.9. The molecule has 0 radical (unpaired) electrons. The molecule has 47 heavy (non-hydrogen) atoms. The number of anilines is 2. The van der Waals surface area contributed by atoms with E-state index in [1.54, 1.807) is 6.20 Å². The summed E-state index contributed by atoms with van der Waals surface area (Å²) >= 11 is 0. The number of benzene rings is 2. The van der Waals surface area contributed by atoms with Crippen molar-refractivity contribution in [2.45, 2.75) is 25.8 Å². The minimum Gasteiger partial charge on any atom is -0.383 e. The zero-order valence-corrected chi connectivity index (χ0v) is 25.9. The van der Waals surface area contributed by atoms with Crippen molar-refractivity contribution in [3.05, 3.63) is 103 Å². The SMILES string of the molecule is N#Cc1ncnc(N2CCC3(CCN(Cc4ccc(-n5c(-c6cccnc6N)nc6ccc(-c7ccccc7)nc65)cc4)CC3)C2)n1. The van der Waals surface area contributed by atoms with Gasteiger partial charge in [0.2, 0.25) is 11.8 Å². The maximum atomic E-state index is 9.18. The Morgan fingerprint density at radius 2 is 1.62 bits per heavy atom. The van der Waals surface area contributed by atoms with Gasteiger partial charge < -0.3 is 10.6 Å². The zero-order chi connectivity index (χ0) is 31.8. The quantitative estimate of drug-likeness (QED) is 0.262. The molecule has 2 aliphatic heterocycles. The van der Waals surface area contributed by atoms with Gasteiger partial charge in [-0.25, -0.2) is 24.9 Å². The minimum atomic E-state index is 0.170. The van der Waals surface area contributed by atoms with Crippen LogP contribution in [-0.2, 0) is 6.54 Å². The predicted octanol–water partition coefficient (Wildman–Crippen LogP) is 5.28. The lowest BCUT2D eigenvalue weighted by Crippen LogP contribution is -2.41. The predicted molar refractivity (Wildman–Crippen MR) is 180 cm³/mol. The number of imidazole rings is 1. The third kappa shape index (κ3) is 5.53. The smallest absolute Gasteiger partial charge is 0.236 e. The highest BCUT2D eigenvalue weighted by Gasteiger charge is 2.41. The molecule has 0 bridgehead atoms. The molecular formula is C36H33N11. The average molecular weight is 620 g/mol. The van der Waals surface area contributed by atoms with Crippen molar-refractivity contribution in [2.24, 2.45) is 5.41 Å². The standard InChI is InChI=1S/C36H33N11/c37-21-31-40-24-41-35(44-31)46-20-16-36(23-46)14-18-45(19-15-36)22-25-8-10-27(11-9-25)47-33(28-7-4-17-39-32(28)38)43-30-13-12-29(42-34(30)47)26-5-2-1-3-6-26/h1-13,17,24H,14-16,18-20,22-23H2,(H2,38,39). The van der Waals surface area contributed by atoms with E-state index in [4.69, 9.17) is 15.7 Å². The summed E-state index contributed by atoms with van der Waals surface area (Å²) in [6, 6.07) is 28.8. The number of nitrogens with zero attached hydrogens (tertiary/aromatic N) is 10. The van der Waals surface area contributed by atoms with E-state index >= 15 is 0 Å². The number of likely N-dealkylation sites (tertiary alicyclic amines) is 1. The Balaban J connectivity index is 1.02. The molecule has 2 aromatic carbocycles. The molecule has 11 heteroatoms. The van der Waals surface area contributed by atoms with E-state index in [9.17, 15) is 5.26 Å². The molecule has 0 atom stereocenters. The van der Waals surface area contributed by atoms with Crippen LogP contribution in [0.5, 0.6) is 0 Å². The molecule has 232 valence electrons. The highest BCUT2D eigenvalue weighted by Crippen LogP contribution is 2.41. The minimum absolute atomic E-state index is 0.170. The molecule has 0 saturated carbocycles.